The number of piperidine rings is 1. The zero-order valence-corrected chi connectivity index (χ0v) is 39.6. The molecule has 328 valence electrons. The number of aromatic amines is 1. The lowest BCUT2D eigenvalue weighted by molar-refractivity contribution is 0.0466. The minimum atomic E-state index is -0.509. The molecule has 0 spiro atoms. The van der Waals surface area contributed by atoms with E-state index in [4.69, 9.17) is 15.0 Å². The van der Waals surface area contributed by atoms with Gasteiger partial charge in [-0.2, -0.15) is 0 Å². The molecule has 0 aliphatic carbocycles. The molecule has 3 aliphatic rings. The van der Waals surface area contributed by atoms with E-state index in [1.54, 1.807) is 0 Å². The Morgan fingerprint density at radius 2 is 1.44 bits per heavy atom. The van der Waals surface area contributed by atoms with Crippen LogP contribution in [0.4, 0.5) is 5.69 Å². The summed E-state index contributed by atoms with van der Waals surface area (Å²) in [6.07, 6.45) is 7.19. The Morgan fingerprint density at radius 1 is 0.781 bits per heavy atom. The van der Waals surface area contributed by atoms with E-state index in [1.165, 1.54) is 31.7 Å². The monoisotopic (exact) mass is 964 g/mol. The molecular weight excluding hydrogens is 908 g/mol. The Labute approximate surface area is 386 Å². The number of fused-ring (bicyclic) bond motifs is 1. The lowest BCUT2D eigenvalue weighted by Gasteiger charge is -2.44. The number of hydrogen-bond donors (Lipinski definition) is 2. The zero-order valence-electron chi connectivity index (χ0n) is 37.4. The number of rotatable bonds is 11. The Kier molecular flexibility index (Phi) is 13.1. The lowest BCUT2D eigenvalue weighted by Crippen LogP contribution is -2.51. The van der Waals surface area contributed by atoms with Crippen LogP contribution in [0.5, 0.6) is 0 Å². The van der Waals surface area contributed by atoms with Crippen LogP contribution in [0.3, 0.4) is 0 Å². The molecule has 0 bridgehead atoms. The summed E-state index contributed by atoms with van der Waals surface area (Å²) in [5, 5.41) is 4.25. The minimum absolute atomic E-state index is 0.0735. The highest BCUT2D eigenvalue weighted by Crippen LogP contribution is 2.42. The maximum absolute atomic E-state index is 13.9. The minimum Gasteiger partial charge on any atom is -0.339 e. The predicted octanol–water partition coefficient (Wildman–Crippen LogP) is 9.02. The molecule has 11 heteroatoms. The molecule has 0 radical (unpaired) electrons. The van der Waals surface area contributed by atoms with Gasteiger partial charge >= 0.3 is 0 Å². The molecule has 9 rings (SSSR count). The first-order chi connectivity index (χ1) is 31.1. The summed E-state index contributed by atoms with van der Waals surface area (Å²) in [5.41, 5.74) is 13.2. The number of piperazine rings is 1. The largest absolute Gasteiger partial charge is 0.339 e. The van der Waals surface area contributed by atoms with Crippen molar-refractivity contribution in [1.29, 1.82) is 0 Å². The highest BCUT2D eigenvalue weighted by Gasteiger charge is 2.36. The van der Waals surface area contributed by atoms with Crippen molar-refractivity contribution in [2.24, 2.45) is 4.99 Å². The molecule has 2 N–H and O–H groups in total. The number of halogens is 1. The SMILES string of the molecule is Cc1cccnc1[C@H]1CCC[C@@H](c2ncccc2C)N1CCN1CCN(C(=O)c2ccc(-c3cc4c([nH]3)=NC=IC=4c3cccc(NC(=O)c4ccc(C(C)C)cc4)c3C)cc2)CC1. The number of aryl methyl sites for hydroxylation is 2. The summed E-state index contributed by atoms with van der Waals surface area (Å²) >= 11 is -0.509. The third-order valence-corrected chi connectivity index (χ3v) is 15.6. The second-order valence-electron chi connectivity index (χ2n) is 17.6. The van der Waals surface area contributed by atoms with Crippen LogP contribution in [-0.4, -0.2) is 84.9 Å². The van der Waals surface area contributed by atoms with Gasteiger partial charge in [-0.05, 0) is 128 Å². The van der Waals surface area contributed by atoms with Crippen LogP contribution in [0.25, 0.3) is 14.8 Å². The van der Waals surface area contributed by atoms with Gasteiger partial charge in [-0.1, -0.05) is 83.1 Å². The van der Waals surface area contributed by atoms with Gasteiger partial charge in [0.05, 0.1) is 27.6 Å². The topological polar surface area (TPSA) is 110 Å². The molecular formula is C53H57IN8O2. The first-order valence-corrected chi connectivity index (χ1v) is 24.9. The summed E-state index contributed by atoms with van der Waals surface area (Å²) in [6, 6.07) is 33.0. The van der Waals surface area contributed by atoms with Crippen LogP contribution in [-0.2, 0) is 0 Å². The Hall–Kier alpha value is -5.63. The molecule has 6 aromatic rings. The fourth-order valence-corrected chi connectivity index (χ4v) is 11.9. The highest BCUT2D eigenvalue weighted by atomic mass is 127. The molecule has 2 saturated heterocycles. The van der Waals surface area contributed by atoms with Gasteiger partial charge in [-0.3, -0.25) is 29.4 Å². The van der Waals surface area contributed by atoms with Gasteiger partial charge in [0.1, 0.15) is 5.49 Å². The molecule has 0 unspecified atom stereocenters. The van der Waals surface area contributed by atoms with Crippen LogP contribution < -0.4 is 16.0 Å². The van der Waals surface area contributed by atoms with Crippen molar-refractivity contribution in [1.82, 2.24) is 29.7 Å². The quantitative estimate of drug-likeness (QED) is 0.126. The number of carbonyl (C=O) groups excluding carboxylic acids is 2. The molecule has 2 fully saturated rings. The maximum atomic E-state index is 13.9. The number of carbonyl (C=O) groups is 2. The fraction of sp³-hybridized carbons (Fsp3) is 0.321. The van der Waals surface area contributed by atoms with Gasteiger partial charge < -0.3 is 15.2 Å². The molecule has 3 aromatic carbocycles. The summed E-state index contributed by atoms with van der Waals surface area (Å²) in [7, 11) is 0. The van der Waals surface area contributed by atoms with E-state index in [-0.39, 0.29) is 23.9 Å². The number of likely N-dealkylation sites (tertiary alicyclic amines) is 1. The van der Waals surface area contributed by atoms with Crippen molar-refractivity contribution in [2.45, 2.75) is 71.9 Å². The van der Waals surface area contributed by atoms with Crippen LogP contribution in [0.15, 0.2) is 114 Å². The van der Waals surface area contributed by atoms with Gasteiger partial charge in [0.25, 0.3) is 11.8 Å². The third-order valence-electron chi connectivity index (χ3n) is 13.3. The second-order valence-corrected chi connectivity index (χ2v) is 19.9. The summed E-state index contributed by atoms with van der Waals surface area (Å²) in [6.45, 7) is 15.7. The highest BCUT2D eigenvalue weighted by molar-refractivity contribution is 14.2. The number of aromatic nitrogens is 3. The number of nitrogens with one attached hydrogen (secondary N) is 2. The first kappa shape index (κ1) is 43.6. The van der Waals surface area contributed by atoms with Crippen LogP contribution in [0, 0.1) is 20.8 Å². The maximum Gasteiger partial charge on any atom is 0.255 e. The molecule has 64 heavy (non-hydrogen) atoms. The smallest absolute Gasteiger partial charge is 0.255 e. The lowest BCUT2D eigenvalue weighted by atomic mass is 9.89. The van der Waals surface area contributed by atoms with Crippen LogP contribution in [0.1, 0.15) is 111 Å². The van der Waals surface area contributed by atoms with E-state index in [2.05, 4.69) is 79.0 Å². The first-order valence-electron chi connectivity index (χ1n) is 22.6. The van der Waals surface area contributed by atoms with Crippen LogP contribution in [0.2, 0.25) is 0 Å². The number of nitrogens with zero attached hydrogens (tertiary/aromatic N) is 6. The van der Waals surface area contributed by atoms with Gasteiger partial charge in [0.15, 0.2) is 0 Å². The van der Waals surface area contributed by atoms with Crippen molar-refractivity contribution in [3.8, 4) is 11.3 Å². The van der Waals surface area contributed by atoms with Gasteiger partial charge in [0, 0.05) is 83.0 Å². The number of benzene rings is 3. The zero-order chi connectivity index (χ0) is 44.3. The average Bonchev–Trinajstić information content (AvgIpc) is 3.77. The summed E-state index contributed by atoms with van der Waals surface area (Å²) in [4.78, 5) is 52.4. The van der Waals surface area contributed by atoms with Gasteiger partial charge in [-0.25, -0.2) is 4.99 Å². The van der Waals surface area contributed by atoms with E-state index in [0.717, 1.165) is 84.2 Å². The number of pyridine rings is 2. The van der Waals surface area contributed by atoms with Crippen LogP contribution >= 0.6 is 20.7 Å². The Bertz CT molecular complexity index is 2770. The fourth-order valence-electron chi connectivity index (χ4n) is 9.53. The van der Waals surface area contributed by atoms with E-state index in [9.17, 15) is 9.59 Å². The molecule has 6 heterocycles. The van der Waals surface area contributed by atoms with E-state index < -0.39 is 20.7 Å². The molecule has 3 aliphatic heterocycles. The average molecular weight is 965 g/mol. The molecule has 2 amide bonds. The van der Waals surface area contributed by atoms with E-state index in [0.29, 0.717) is 30.1 Å². The van der Waals surface area contributed by atoms with Crippen molar-refractivity contribution < 1.29 is 9.59 Å². The van der Waals surface area contributed by atoms with Crippen molar-refractivity contribution in [3.05, 3.63) is 170 Å². The van der Waals surface area contributed by atoms with Crippen molar-refractivity contribution in [3.63, 3.8) is 0 Å². The molecule has 2 atom stereocenters. The van der Waals surface area contributed by atoms with Crippen molar-refractivity contribution in [2.75, 3.05) is 44.6 Å². The predicted molar refractivity (Wildman–Crippen MR) is 266 cm³/mol. The molecule has 10 nitrogen and oxygen atoms in total. The number of hydrogen-bond acceptors (Lipinski definition) is 7. The third kappa shape index (κ3) is 9.16. The number of amides is 2. The summed E-state index contributed by atoms with van der Waals surface area (Å²) in [5.74, 6) is 0.365. The Balaban J connectivity index is 0.852. The van der Waals surface area contributed by atoms with E-state index in [1.807, 2.05) is 94.2 Å². The van der Waals surface area contributed by atoms with E-state index >= 15 is 0 Å². The van der Waals surface area contributed by atoms with Crippen molar-refractivity contribution >= 4 is 45.9 Å². The van der Waals surface area contributed by atoms with Gasteiger partial charge in [-0.15, -0.1) is 0 Å². The normalized spacial score (nSPS) is 18.0. The Morgan fingerprint density at radius 3 is 2.08 bits per heavy atom. The second kappa shape index (κ2) is 19.2. The number of anilines is 1. The molecule has 0 saturated carbocycles. The molecule has 3 aromatic heterocycles. The summed E-state index contributed by atoms with van der Waals surface area (Å²) < 4.78 is 3.31. The standard InChI is InChI=1S/C53H57IN8O2/c1-34(2)38-16-20-40(21-17-38)52(63)59-44-13-6-12-42(37(44)5)48-43-32-45(58-51(43)57-33-54-48)39-18-22-41(23-19-39)53(64)61-29-26-60(27-30-61)28-31-62-46(49-35(3)10-8-24-55-49)14-7-15-47(62)50-36(4)11-9-25-56-50/h6,8-13,16-25,32-34,46-47H,7,14-15,26-31H2,1-5H3,(H,57,58)(H,59,63)/t46-,47+. The van der Waals surface area contributed by atoms with Gasteiger partial charge in [0.2, 0.25) is 0 Å². The number of H-pyrrole nitrogens is 1.